The normalized spacial score (nSPS) is 13.1. The van der Waals surface area contributed by atoms with Crippen LogP contribution in [0.1, 0.15) is 58.6 Å². The molecule has 0 saturated heterocycles. The summed E-state index contributed by atoms with van der Waals surface area (Å²) < 4.78 is 0. The first kappa shape index (κ1) is 23.6. The van der Waals surface area contributed by atoms with Crippen LogP contribution in [0.3, 0.4) is 0 Å². The van der Waals surface area contributed by atoms with Gasteiger partial charge in [-0.05, 0) is 62.7 Å². The highest BCUT2D eigenvalue weighted by molar-refractivity contribution is 5.87. The molecule has 0 fully saturated rings. The van der Waals surface area contributed by atoms with Crippen molar-refractivity contribution in [3.63, 3.8) is 0 Å². The topological polar surface area (TPSA) is 34.1 Å². The van der Waals surface area contributed by atoms with E-state index in [-0.39, 0.29) is 17.0 Å². The Morgan fingerprint density at radius 2 is 1.36 bits per heavy atom. The molecule has 2 nitrogen and oxygen atoms in total. The molecule has 0 N–H and O–H groups in total. The molecule has 28 heavy (non-hydrogen) atoms. The first-order chi connectivity index (χ1) is 13.2. The summed E-state index contributed by atoms with van der Waals surface area (Å²) in [5.41, 5.74) is 3.80. The number of rotatable bonds is 8. The zero-order valence-corrected chi connectivity index (χ0v) is 18.0. The largest absolute Gasteiger partial charge is 0.300 e. The maximum Gasteiger partial charge on any atom is 0.152 e. The van der Waals surface area contributed by atoms with Crippen LogP contribution in [0.15, 0.2) is 72.3 Å². The standard InChI is InChI=1S/C14H20O.C12H14O/c1-4-14(3,10-12(2)15)11-13-8-6-5-7-9-13;1-10(8-11(2)13)9-12-6-4-3-5-7-12/h5-9H,4,10-11H2,1-3H3;3-8H,9H2,1-2H3/b;10-8+/t14-;/m0./s1. The summed E-state index contributed by atoms with van der Waals surface area (Å²) in [6, 6.07) is 20.5. The number of ketones is 2. The van der Waals surface area contributed by atoms with Crippen molar-refractivity contribution in [2.75, 3.05) is 0 Å². The molecular formula is C26H34O2. The molecule has 0 saturated carbocycles. The zero-order chi connectivity index (χ0) is 21.0. The molecule has 0 bridgehead atoms. The van der Waals surface area contributed by atoms with Gasteiger partial charge in [0.15, 0.2) is 5.78 Å². The lowest BCUT2D eigenvalue weighted by atomic mass is 9.77. The molecule has 1 atom stereocenters. The first-order valence-corrected chi connectivity index (χ1v) is 9.99. The number of benzene rings is 2. The number of hydrogen-bond acceptors (Lipinski definition) is 2. The Bertz CT molecular complexity index is 760. The van der Waals surface area contributed by atoms with E-state index in [4.69, 9.17) is 0 Å². The number of allylic oxidation sites excluding steroid dienone is 2. The molecule has 0 spiro atoms. The lowest BCUT2D eigenvalue weighted by molar-refractivity contribution is -0.119. The summed E-state index contributed by atoms with van der Waals surface area (Å²) in [6.45, 7) is 9.59. The molecule has 0 aliphatic carbocycles. The predicted octanol–water partition coefficient (Wildman–Crippen LogP) is 6.39. The Hall–Kier alpha value is -2.48. The monoisotopic (exact) mass is 378 g/mol. The molecule has 0 heterocycles. The minimum absolute atomic E-state index is 0.118. The lowest BCUT2D eigenvalue weighted by Gasteiger charge is -2.27. The van der Waals surface area contributed by atoms with Gasteiger partial charge < -0.3 is 4.79 Å². The average molecular weight is 379 g/mol. The molecule has 0 unspecified atom stereocenters. The number of carbonyl (C=O) groups is 2. The fourth-order valence-corrected chi connectivity index (χ4v) is 3.32. The maximum absolute atomic E-state index is 11.2. The van der Waals surface area contributed by atoms with Crippen LogP contribution in [0.25, 0.3) is 0 Å². The molecule has 2 heteroatoms. The molecule has 0 aliphatic rings. The van der Waals surface area contributed by atoms with Crippen LogP contribution >= 0.6 is 0 Å². The van der Waals surface area contributed by atoms with E-state index in [0.717, 1.165) is 24.8 Å². The van der Waals surface area contributed by atoms with E-state index in [1.54, 1.807) is 19.9 Å². The van der Waals surface area contributed by atoms with E-state index in [0.29, 0.717) is 6.42 Å². The SMILES string of the molecule is CC(=O)/C=C(\C)Cc1ccccc1.CC[C@@](C)(CC(C)=O)Cc1ccccc1. The van der Waals surface area contributed by atoms with Crippen LogP contribution < -0.4 is 0 Å². The fourth-order valence-electron chi connectivity index (χ4n) is 3.32. The highest BCUT2D eigenvalue weighted by atomic mass is 16.1. The van der Waals surface area contributed by atoms with Crippen LogP contribution in [0.4, 0.5) is 0 Å². The lowest BCUT2D eigenvalue weighted by Crippen LogP contribution is -2.21. The Balaban J connectivity index is 0.000000283. The quantitative estimate of drug-likeness (QED) is 0.499. The maximum atomic E-state index is 11.2. The number of hydrogen-bond donors (Lipinski definition) is 0. The van der Waals surface area contributed by atoms with Crippen molar-refractivity contribution in [2.24, 2.45) is 5.41 Å². The van der Waals surface area contributed by atoms with E-state index in [2.05, 4.69) is 50.2 Å². The van der Waals surface area contributed by atoms with Gasteiger partial charge in [0.05, 0.1) is 0 Å². The Labute approximate surface area is 170 Å². The second-order valence-electron chi connectivity index (χ2n) is 7.97. The summed E-state index contributed by atoms with van der Waals surface area (Å²) in [5, 5.41) is 0. The van der Waals surface area contributed by atoms with Gasteiger partial charge in [-0.25, -0.2) is 0 Å². The molecule has 0 aromatic heterocycles. The van der Waals surface area contributed by atoms with Crippen LogP contribution in [0, 0.1) is 5.41 Å². The van der Waals surface area contributed by atoms with Crippen molar-refractivity contribution in [3.05, 3.63) is 83.4 Å². The van der Waals surface area contributed by atoms with Crippen molar-refractivity contribution in [1.82, 2.24) is 0 Å². The minimum Gasteiger partial charge on any atom is -0.300 e. The third kappa shape index (κ3) is 10.0. The van der Waals surface area contributed by atoms with Crippen LogP contribution in [-0.4, -0.2) is 11.6 Å². The highest BCUT2D eigenvalue weighted by Gasteiger charge is 2.24. The van der Waals surface area contributed by atoms with Crippen molar-refractivity contribution >= 4 is 11.6 Å². The van der Waals surface area contributed by atoms with E-state index in [9.17, 15) is 9.59 Å². The predicted molar refractivity (Wildman–Crippen MR) is 118 cm³/mol. The third-order valence-electron chi connectivity index (χ3n) is 4.78. The van der Waals surface area contributed by atoms with Crippen LogP contribution in [0.2, 0.25) is 0 Å². The summed E-state index contributed by atoms with van der Waals surface area (Å²) >= 11 is 0. The zero-order valence-electron chi connectivity index (χ0n) is 18.0. The molecule has 0 radical (unpaired) electrons. The van der Waals surface area contributed by atoms with Gasteiger partial charge in [-0.1, -0.05) is 80.1 Å². The number of carbonyl (C=O) groups excluding carboxylic acids is 2. The Kier molecular flexibility index (Phi) is 10.2. The van der Waals surface area contributed by atoms with E-state index < -0.39 is 0 Å². The highest BCUT2D eigenvalue weighted by Crippen LogP contribution is 2.30. The van der Waals surface area contributed by atoms with Gasteiger partial charge in [0.25, 0.3) is 0 Å². The van der Waals surface area contributed by atoms with Crippen molar-refractivity contribution in [2.45, 2.75) is 60.3 Å². The van der Waals surface area contributed by atoms with E-state index >= 15 is 0 Å². The molecule has 0 aliphatic heterocycles. The Morgan fingerprint density at radius 3 is 1.79 bits per heavy atom. The average Bonchev–Trinajstić information content (AvgIpc) is 2.62. The van der Waals surface area contributed by atoms with Gasteiger partial charge in [-0.15, -0.1) is 0 Å². The summed E-state index contributed by atoms with van der Waals surface area (Å²) in [6.07, 6.45) is 5.26. The van der Waals surface area contributed by atoms with Gasteiger partial charge in [-0.2, -0.15) is 0 Å². The molecule has 2 aromatic carbocycles. The summed E-state index contributed by atoms with van der Waals surface area (Å²) in [5.74, 6) is 0.406. The Morgan fingerprint density at radius 1 is 0.857 bits per heavy atom. The smallest absolute Gasteiger partial charge is 0.152 e. The second-order valence-corrected chi connectivity index (χ2v) is 7.97. The van der Waals surface area contributed by atoms with Gasteiger partial charge in [0.1, 0.15) is 5.78 Å². The first-order valence-electron chi connectivity index (χ1n) is 9.99. The van der Waals surface area contributed by atoms with Crippen LogP contribution in [-0.2, 0) is 22.4 Å². The molecule has 2 rings (SSSR count). The van der Waals surface area contributed by atoms with Gasteiger partial charge in [-0.3, -0.25) is 4.79 Å². The van der Waals surface area contributed by atoms with Crippen molar-refractivity contribution in [1.29, 1.82) is 0 Å². The van der Waals surface area contributed by atoms with E-state index in [1.807, 2.05) is 31.2 Å². The van der Waals surface area contributed by atoms with Gasteiger partial charge >= 0.3 is 0 Å². The van der Waals surface area contributed by atoms with Crippen LogP contribution in [0.5, 0.6) is 0 Å². The van der Waals surface area contributed by atoms with Gasteiger partial charge in [0.2, 0.25) is 0 Å². The van der Waals surface area contributed by atoms with E-state index in [1.165, 1.54) is 11.1 Å². The van der Waals surface area contributed by atoms with Crippen molar-refractivity contribution in [3.8, 4) is 0 Å². The molecular weight excluding hydrogens is 344 g/mol. The van der Waals surface area contributed by atoms with Gasteiger partial charge in [0, 0.05) is 6.42 Å². The molecule has 150 valence electrons. The minimum atomic E-state index is 0.118. The molecule has 2 aromatic rings. The fraction of sp³-hybridized carbons (Fsp3) is 0.385. The molecule has 0 amide bonds. The summed E-state index contributed by atoms with van der Waals surface area (Å²) in [7, 11) is 0. The second kappa shape index (κ2) is 12.1. The number of Topliss-reactive ketones (excluding diaryl/α,β-unsaturated/α-hetero) is 1. The summed E-state index contributed by atoms with van der Waals surface area (Å²) in [4.78, 5) is 22.0. The van der Waals surface area contributed by atoms with Crippen molar-refractivity contribution < 1.29 is 9.59 Å². The third-order valence-corrected chi connectivity index (χ3v) is 4.78.